The summed E-state index contributed by atoms with van der Waals surface area (Å²) >= 11 is 0. The van der Waals surface area contributed by atoms with Gasteiger partial charge in [-0.05, 0) is 31.6 Å². The summed E-state index contributed by atoms with van der Waals surface area (Å²) < 4.78 is 0. The lowest BCUT2D eigenvalue weighted by atomic mass is 10.1. The molecule has 3 heteroatoms. The van der Waals surface area contributed by atoms with E-state index in [0.717, 1.165) is 12.5 Å². The fourth-order valence-electron chi connectivity index (χ4n) is 2.07. The lowest BCUT2D eigenvalue weighted by Gasteiger charge is -2.16. The maximum absolute atomic E-state index is 11.4. The van der Waals surface area contributed by atoms with E-state index in [0.29, 0.717) is 18.5 Å². The number of hydrogen-bond acceptors (Lipinski definition) is 2. The third-order valence-electron chi connectivity index (χ3n) is 3.54. The van der Waals surface area contributed by atoms with Crippen molar-refractivity contribution >= 4 is 5.91 Å². The molecule has 1 amide bonds. The average molecular weight is 224 g/mol. The van der Waals surface area contributed by atoms with Crippen LogP contribution in [0.5, 0.6) is 0 Å². The maximum atomic E-state index is 11.4. The highest BCUT2D eigenvalue weighted by Gasteiger charge is 2.25. The zero-order chi connectivity index (χ0) is 11.4. The molecule has 0 aliphatic heterocycles. The van der Waals surface area contributed by atoms with Crippen molar-refractivity contribution in [3.8, 4) is 0 Å². The number of amides is 1. The van der Waals surface area contributed by atoms with Gasteiger partial charge in [-0.3, -0.25) is 4.79 Å². The summed E-state index contributed by atoms with van der Waals surface area (Å²) in [5.74, 6) is 1.19. The summed E-state index contributed by atoms with van der Waals surface area (Å²) in [7, 11) is 0. The predicted molar refractivity (Wildman–Crippen MR) is 65.2 cm³/mol. The van der Waals surface area contributed by atoms with Gasteiger partial charge in [-0.15, -0.1) is 0 Å². The Labute approximate surface area is 98.4 Å². The van der Waals surface area contributed by atoms with Crippen molar-refractivity contribution in [2.45, 2.75) is 64.0 Å². The van der Waals surface area contributed by atoms with Crippen molar-refractivity contribution in [3.63, 3.8) is 0 Å². The van der Waals surface area contributed by atoms with Gasteiger partial charge in [0.1, 0.15) is 0 Å². The third-order valence-corrected chi connectivity index (χ3v) is 3.54. The quantitative estimate of drug-likeness (QED) is 0.660. The van der Waals surface area contributed by atoms with Crippen LogP contribution in [0.2, 0.25) is 0 Å². The Morgan fingerprint density at radius 3 is 2.62 bits per heavy atom. The molecule has 0 bridgehead atoms. The highest BCUT2D eigenvalue weighted by molar-refractivity contribution is 5.76. The largest absolute Gasteiger partial charge is 0.353 e. The molecule has 0 heterocycles. The van der Waals surface area contributed by atoms with E-state index < -0.39 is 0 Å². The number of hydrogen-bond donors (Lipinski definition) is 2. The van der Waals surface area contributed by atoms with Crippen molar-refractivity contribution in [3.05, 3.63) is 0 Å². The zero-order valence-corrected chi connectivity index (χ0v) is 10.3. The molecule has 2 aliphatic rings. The molecule has 0 spiro atoms. The van der Waals surface area contributed by atoms with E-state index in [2.05, 4.69) is 17.6 Å². The first-order chi connectivity index (χ1) is 7.78. The summed E-state index contributed by atoms with van der Waals surface area (Å²) in [4.78, 5) is 11.4. The Hall–Kier alpha value is -0.570. The molecular formula is C13H24N2O. The monoisotopic (exact) mass is 224 g/mol. The van der Waals surface area contributed by atoms with Crippen molar-refractivity contribution in [1.29, 1.82) is 0 Å². The summed E-state index contributed by atoms with van der Waals surface area (Å²) in [5, 5.41) is 6.52. The van der Waals surface area contributed by atoms with Crippen LogP contribution in [0, 0.1) is 5.92 Å². The molecule has 3 nitrogen and oxygen atoms in total. The van der Waals surface area contributed by atoms with Gasteiger partial charge in [-0.2, -0.15) is 0 Å². The van der Waals surface area contributed by atoms with Crippen LogP contribution in [0.1, 0.15) is 51.9 Å². The molecule has 0 aromatic rings. The summed E-state index contributed by atoms with van der Waals surface area (Å²) in [6.45, 7) is 3.06. The molecule has 2 saturated carbocycles. The van der Waals surface area contributed by atoms with Crippen LogP contribution in [0.25, 0.3) is 0 Å². The Morgan fingerprint density at radius 1 is 1.31 bits per heavy atom. The smallest absolute Gasteiger partial charge is 0.221 e. The molecule has 0 radical (unpaired) electrons. The first kappa shape index (κ1) is 11.9. The number of carbonyl (C=O) groups excluding carboxylic acids is 1. The van der Waals surface area contributed by atoms with Crippen LogP contribution in [-0.4, -0.2) is 24.5 Å². The molecule has 0 saturated heterocycles. The second kappa shape index (κ2) is 5.67. The Morgan fingerprint density at radius 2 is 2.06 bits per heavy atom. The Kier molecular flexibility index (Phi) is 4.22. The van der Waals surface area contributed by atoms with Crippen LogP contribution in [0.3, 0.4) is 0 Å². The SMILES string of the molecule is CCC(CC1CC1)NCCC(=O)NC1CC1. The van der Waals surface area contributed by atoms with E-state index in [1.54, 1.807) is 0 Å². The van der Waals surface area contributed by atoms with E-state index in [9.17, 15) is 4.79 Å². The Balaban J connectivity index is 1.52. The molecule has 92 valence electrons. The average Bonchev–Trinajstić information content (AvgIpc) is 3.10. The van der Waals surface area contributed by atoms with Gasteiger partial charge in [0.05, 0.1) is 0 Å². The van der Waals surface area contributed by atoms with Gasteiger partial charge in [-0.1, -0.05) is 19.8 Å². The molecule has 1 unspecified atom stereocenters. The number of nitrogens with one attached hydrogen (secondary N) is 2. The van der Waals surface area contributed by atoms with Crippen LogP contribution < -0.4 is 10.6 Å². The summed E-state index contributed by atoms with van der Waals surface area (Å²) in [6, 6.07) is 1.13. The van der Waals surface area contributed by atoms with Gasteiger partial charge >= 0.3 is 0 Å². The zero-order valence-electron chi connectivity index (χ0n) is 10.3. The molecule has 2 rings (SSSR count). The van der Waals surface area contributed by atoms with Gasteiger partial charge in [0.15, 0.2) is 0 Å². The van der Waals surface area contributed by atoms with E-state index in [1.807, 2.05) is 0 Å². The van der Waals surface area contributed by atoms with E-state index >= 15 is 0 Å². The fraction of sp³-hybridized carbons (Fsp3) is 0.923. The predicted octanol–water partition coefficient (Wildman–Crippen LogP) is 1.82. The number of carbonyl (C=O) groups is 1. The maximum Gasteiger partial charge on any atom is 0.221 e. The van der Waals surface area contributed by atoms with E-state index in [-0.39, 0.29) is 5.91 Å². The fourth-order valence-corrected chi connectivity index (χ4v) is 2.07. The first-order valence-corrected chi connectivity index (χ1v) is 6.80. The topological polar surface area (TPSA) is 41.1 Å². The minimum Gasteiger partial charge on any atom is -0.353 e. The second-order valence-electron chi connectivity index (χ2n) is 5.33. The molecule has 0 aromatic carbocycles. The molecular weight excluding hydrogens is 200 g/mol. The molecule has 1 atom stereocenters. The van der Waals surface area contributed by atoms with Crippen LogP contribution >= 0.6 is 0 Å². The lowest BCUT2D eigenvalue weighted by molar-refractivity contribution is -0.121. The molecule has 2 fully saturated rings. The highest BCUT2D eigenvalue weighted by Crippen LogP contribution is 2.33. The summed E-state index contributed by atoms with van der Waals surface area (Å²) in [5.41, 5.74) is 0. The van der Waals surface area contributed by atoms with Crippen molar-refractivity contribution in [2.24, 2.45) is 5.92 Å². The van der Waals surface area contributed by atoms with Crippen molar-refractivity contribution in [1.82, 2.24) is 10.6 Å². The van der Waals surface area contributed by atoms with E-state index in [1.165, 1.54) is 38.5 Å². The Bertz CT molecular complexity index is 234. The van der Waals surface area contributed by atoms with Gasteiger partial charge in [0, 0.05) is 25.0 Å². The van der Waals surface area contributed by atoms with Crippen LogP contribution in [0.15, 0.2) is 0 Å². The van der Waals surface area contributed by atoms with Gasteiger partial charge in [0.25, 0.3) is 0 Å². The molecule has 16 heavy (non-hydrogen) atoms. The molecule has 2 N–H and O–H groups in total. The highest BCUT2D eigenvalue weighted by atomic mass is 16.1. The lowest BCUT2D eigenvalue weighted by Crippen LogP contribution is -2.34. The van der Waals surface area contributed by atoms with Gasteiger partial charge in [-0.25, -0.2) is 0 Å². The molecule has 2 aliphatic carbocycles. The second-order valence-corrected chi connectivity index (χ2v) is 5.33. The summed E-state index contributed by atoms with van der Waals surface area (Å²) in [6.07, 6.45) is 8.32. The van der Waals surface area contributed by atoms with Crippen LogP contribution in [0.4, 0.5) is 0 Å². The minimum absolute atomic E-state index is 0.219. The standard InChI is InChI=1S/C13H24N2O/c1-2-11(9-10-3-4-10)14-8-7-13(16)15-12-5-6-12/h10-12,14H,2-9H2,1H3,(H,15,16). The van der Waals surface area contributed by atoms with Gasteiger partial charge < -0.3 is 10.6 Å². The van der Waals surface area contributed by atoms with E-state index in [4.69, 9.17) is 0 Å². The normalized spacial score (nSPS) is 21.8. The number of rotatable bonds is 8. The third kappa shape index (κ3) is 4.52. The minimum atomic E-state index is 0.219. The van der Waals surface area contributed by atoms with Crippen LogP contribution in [-0.2, 0) is 4.79 Å². The van der Waals surface area contributed by atoms with Gasteiger partial charge in [0.2, 0.25) is 5.91 Å². The first-order valence-electron chi connectivity index (χ1n) is 6.80. The molecule has 0 aromatic heterocycles. The van der Waals surface area contributed by atoms with Crippen molar-refractivity contribution in [2.75, 3.05) is 6.54 Å². The van der Waals surface area contributed by atoms with Crippen molar-refractivity contribution < 1.29 is 4.79 Å².